The molecule has 2 bridgehead atoms. The zero-order chi connectivity index (χ0) is 8.88. The monoisotopic (exact) mass is 169 g/mol. The third kappa shape index (κ3) is 0.777. The van der Waals surface area contributed by atoms with Crippen molar-refractivity contribution in [3.05, 3.63) is 0 Å². The molecule has 3 aliphatic rings. The quantitative estimate of drug-likeness (QED) is 0.636. The van der Waals surface area contributed by atoms with Crippen molar-refractivity contribution in [2.75, 3.05) is 0 Å². The minimum absolute atomic E-state index is 0.0369. The lowest BCUT2D eigenvalue weighted by molar-refractivity contribution is -0.147. The molecule has 2 aliphatic heterocycles. The van der Waals surface area contributed by atoms with E-state index in [4.69, 9.17) is 5.11 Å². The number of hydrogen-bond donors (Lipinski definition) is 1. The van der Waals surface area contributed by atoms with Gasteiger partial charge in [-0.2, -0.15) is 0 Å². The fraction of sp³-hybridized carbons (Fsp3) is 0.750. The van der Waals surface area contributed by atoms with Gasteiger partial charge in [0, 0.05) is 12.0 Å². The average molecular weight is 169 g/mol. The highest BCUT2D eigenvalue weighted by atomic mass is 16.4. The molecule has 66 valence electrons. The lowest BCUT2D eigenvalue weighted by Gasteiger charge is -2.27. The Labute approximate surface area is 70.2 Å². The van der Waals surface area contributed by atoms with E-state index in [1.54, 1.807) is 6.92 Å². The highest BCUT2D eigenvalue weighted by Gasteiger charge is 2.52. The Bertz CT molecular complexity index is 245. The summed E-state index contributed by atoms with van der Waals surface area (Å²) in [4.78, 5) is 23.5. The van der Waals surface area contributed by atoms with Crippen LogP contribution in [-0.4, -0.2) is 34.0 Å². The molecule has 0 aromatic carbocycles. The topological polar surface area (TPSA) is 57.6 Å². The molecular weight excluding hydrogens is 158 g/mol. The Morgan fingerprint density at radius 1 is 1.67 bits per heavy atom. The Kier molecular flexibility index (Phi) is 1.40. The van der Waals surface area contributed by atoms with Crippen molar-refractivity contribution < 1.29 is 14.7 Å². The molecule has 12 heavy (non-hydrogen) atoms. The number of amides is 1. The van der Waals surface area contributed by atoms with E-state index in [1.165, 1.54) is 4.90 Å². The number of fused-ring (bicyclic) bond motifs is 1. The van der Waals surface area contributed by atoms with Crippen LogP contribution in [0, 0.1) is 5.92 Å². The summed E-state index contributed by atoms with van der Waals surface area (Å²) in [5.41, 5.74) is 0. The summed E-state index contributed by atoms with van der Waals surface area (Å²) in [7, 11) is 0. The molecule has 2 heterocycles. The first kappa shape index (κ1) is 7.58. The predicted molar refractivity (Wildman–Crippen MR) is 40.5 cm³/mol. The van der Waals surface area contributed by atoms with Crippen molar-refractivity contribution in [1.82, 2.24) is 4.90 Å². The van der Waals surface area contributed by atoms with E-state index in [2.05, 4.69) is 0 Å². The van der Waals surface area contributed by atoms with Gasteiger partial charge in [-0.05, 0) is 19.8 Å². The van der Waals surface area contributed by atoms with Gasteiger partial charge >= 0.3 is 5.97 Å². The fourth-order valence-corrected chi connectivity index (χ4v) is 2.03. The van der Waals surface area contributed by atoms with Gasteiger partial charge in [-0.3, -0.25) is 4.79 Å². The summed E-state index contributed by atoms with van der Waals surface area (Å²) in [6.45, 7) is 1.57. The molecular formula is C8H11NO3. The van der Waals surface area contributed by atoms with Crippen molar-refractivity contribution in [3.8, 4) is 0 Å². The van der Waals surface area contributed by atoms with E-state index in [1.807, 2.05) is 0 Å². The first-order chi connectivity index (χ1) is 5.61. The van der Waals surface area contributed by atoms with Crippen molar-refractivity contribution in [1.29, 1.82) is 0 Å². The lowest BCUT2D eigenvalue weighted by atomic mass is 9.86. The summed E-state index contributed by atoms with van der Waals surface area (Å²) in [6.07, 6.45) is 1.74. The minimum atomic E-state index is -0.907. The molecule has 1 saturated carbocycles. The van der Waals surface area contributed by atoms with Crippen LogP contribution in [-0.2, 0) is 9.59 Å². The summed E-state index contributed by atoms with van der Waals surface area (Å²) < 4.78 is 0. The number of carboxylic acid groups (broad SMARTS) is 1. The van der Waals surface area contributed by atoms with Crippen LogP contribution < -0.4 is 0 Å². The first-order valence-electron chi connectivity index (χ1n) is 4.16. The standard InChI is InChI=1S/C8H11NO3/c1-4(8(11)12)9-6-2-5(3-6)7(9)10/h4-6H,2-3H2,1H3,(H,11,12). The van der Waals surface area contributed by atoms with Gasteiger partial charge in [-0.25, -0.2) is 4.79 Å². The van der Waals surface area contributed by atoms with Gasteiger partial charge in [0.15, 0.2) is 0 Å². The molecule has 3 fully saturated rings. The van der Waals surface area contributed by atoms with Crippen molar-refractivity contribution in [2.45, 2.75) is 31.8 Å². The number of carbonyl (C=O) groups excluding carboxylic acids is 1. The maximum Gasteiger partial charge on any atom is 0.326 e. The van der Waals surface area contributed by atoms with E-state index in [0.29, 0.717) is 0 Å². The molecule has 4 heteroatoms. The number of carboxylic acids is 1. The summed E-state index contributed by atoms with van der Waals surface area (Å²) in [6, 6.07) is -0.427. The highest BCUT2D eigenvalue weighted by Crippen LogP contribution is 2.42. The second-order valence-corrected chi connectivity index (χ2v) is 3.58. The maximum absolute atomic E-state index is 11.4. The Morgan fingerprint density at radius 3 is 2.58 bits per heavy atom. The Morgan fingerprint density at radius 2 is 2.25 bits per heavy atom. The number of hydrogen-bond acceptors (Lipinski definition) is 2. The largest absolute Gasteiger partial charge is 0.480 e. The van der Waals surface area contributed by atoms with Crippen LogP contribution >= 0.6 is 0 Å². The van der Waals surface area contributed by atoms with Gasteiger partial charge in [0.25, 0.3) is 0 Å². The van der Waals surface area contributed by atoms with Gasteiger partial charge < -0.3 is 10.0 Å². The fourth-order valence-electron chi connectivity index (χ4n) is 2.03. The van der Waals surface area contributed by atoms with Crippen LogP contribution in [0.3, 0.4) is 0 Å². The van der Waals surface area contributed by atoms with Crippen molar-refractivity contribution >= 4 is 11.9 Å². The SMILES string of the molecule is CC(C(=O)O)N1C(=O)C2CC1C2. The molecule has 1 amide bonds. The molecule has 1 N–H and O–H groups in total. The van der Waals surface area contributed by atoms with Crippen LogP contribution in [0.4, 0.5) is 0 Å². The van der Waals surface area contributed by atoms with E-state index in [9.17, 15) is 9.59 Å². The number of nitrogens with zero attached hydrogens (tertiary/aromatic N) is 1. The lowest BCUT2D eigenvalue weighted by Crippen LogP contribution is -2.42. The van der Waals surface area contributed by atoms with Crippen LogP contribution in [0.1, 0.15) is 19.8 Å². The minimum Gasteiger partial charge on any atom is -0.480 e. The number of carbonyl (C=O) groups is 2. The van der Waals surface area contributed by atoms with Crippen LogP contribution in [0.2, 0.25) is 0 Å². The number of aliphatic carboxylic acids is 1. The normalized spacial score (nSPS) is 34.8. The summed E-state index contributed by atoms with van der Waals surface area (Å²) >= 11 is 0. The van der Waals surface area contributed by atoms with Crippen molar-refractivity contribution in [3.63, 3.8) is 0 Å². The highest BCUT2D eigenvalue weighted by molar-refractivity contribution is 5.89. The smallest absolute Gasteiger partial charge is 0.326 e. The molecule has 1 atom stereocenters. The zero-order valence-corrected chi connectivity index (χ0v) is 6.86. The number of rotatable bonds is 2. The molecule has 0 aromatic heterocycles. The van der Waals surface area contributed by atoms with Crippen LogP contribution in [0.25, 0.3) is 0 Å². The van der Waals surface area contributed by atoms with Gasteiger partial charge in [0.1, 0.15) is 6.04 Å². The summed E-state index contributed by atoms with van der Waals surface area (Å²) in [5.74, 6) is -0.734. The zero-order valence-electron chi connectivity index (χ0n) is 6.86. The Balaban J connectivity index is 2.14. The van der Waals surface area contributed by atoms with E-state index in [-0.39, 0.29) is 17.9 Å². The van der Waals surface area contributed by atoms with Crippen molar-refractivity contribution in [2.24, 2.45) is 5.92 Å². The van der Waals surface area contributed by atoms with Crippen LogP contribution in [0.5, 0.6) is 0 Å². The van der Waals surface area contributed by atoms with Gasteiger partial charge in [-0.1, -0.05) is 0 Å². The first-order valence-corrected chi connectivity index (χ1v) is 4.16. The predicted octanol–water partition coefficient (Wildman–Crippen LogP) is 0.0803. The van der Waals surface area contributed by atoms with E-state index < -0.39 is 12.0 Å². The Hall–Kier alpha value is -1.06. The van der Waals surface area contributed by atoms with Gasteiger partial charge in [-0.15, -0.1) is 0 Å². The molecule has 3 rings (SSSR count). The molecule has 1 unspecified atom stereocenters. The molecule has 0 radical (unpaired) electrons. The molecule has 1 aliphatic carbocycles. The third-order valence-electron chi connectivity index (χ3n) is 2.88. The second kappa shape index (κ2) is 2.21. The average Bonchev–Trinajstić information content (AvgIpc) is 2.36. The van der Waals surface area contributed by atoms with E-state index in [0.717, 1.165) is 12.8 Å². The maximum atomic E-state index is 11.4. The van der Waals surface area contributed by atoms with E-state index >= 15 is 0 Å². The molecule has 0 spiro atoms. The molecule has 0 aromatic rings. The molecule has 4 nitrogen and oxygen atoms in total. The third-order valence-corrected chi connectivity index (χ3v) is 2.88. The van der Waals surface area contributed by atoms with Gasteiger partial charge in [0.2, 0.25) is 5.91 Å². The summed E-state index contributed by atoms with van der Waals surface area (Å²) in [5, 5.41) is 8.70. The van der Waals surface area contributed by atoms with Gasteiger partial charge in [0.05, 0.1) is 0 Å². The second-order valence-electron chi connectivity index (χ2n) is 3.58. The van der Waals surface area contributed by atoms with Crippen LogP contribution in [0.15, 0.2) is 0 Å². The molecule has 2 saturated heterocycles.